The number of methoxy groups -OCH3 is 1. The van der Waals surface area contributed by atoms with Crippen LogP contribution in [-0.2, 0) is 6.42 Å². The van der Waals surface area contributed by atoms with Crippen LogP contribution < -0.4 is 20.3 Å². The van der Waals surface area contributed by atoms with Crippen molar-refractivity contribution in [2.75, 3.05) is 38.7 Å². The standard InChI is InChI=1S/C20H26FN3O2/c1-24(19-7-4-3-6-18(19)21)15-5-13-22-20(25)23-14-12-16-8-10-17(26-2)11-9-16/h3-4,6-11H,5,12-15H2,1-2H3,(H2,22,23,25). The van der Waals surface area contributed by atoms with Crippen LogP contribution >= 0.6 is 0 Å². The molecule has 0 spiro atoms. The van der Waals surface area contributed by atoms with Gasteiger partial charge in [-0.25, -0.2) is 9.18 Å². The molecule has 6 heteroatoms. The topological polar surface area (TPSA) is 53.6 Å². The molecule has 0 saturated heterocycles. The van der Waals surface area contributed by atoms with Crippen molar-refractivity contribution in [1.29, 1.82) is 0 Å². The van der Waals surface area contributed by atoms with Gasteiger partial charge in [0.1, 0.15) is 11.6 Å². The highest BCUT2D eigenvalue weighted by molar-refractivity contribution is 5.73. The van der Waals surface area contributed by atoms with Crippen LogP contribution in [0.25, 0.3) is 0 Å². The largest absolute Gasteiger partial charge is 0.497 e. The summed E-state index contributed by atoms with van der Waals surface area (Å²) in [5, 5.41) is 5.65. The Hall–Kier alpha value is -2.76. The van der Waals surface area contributed by atoms with E-state index in [2.05, 4.69) is 10.6 Å². The Morgan fingerprint density at radius 3 is 2.46 bits per heavy atom. The van der Waals surface area contributed by atoms with E-state index in [0.717, 1.165) is 24.2 Å². The fraction of sp³-hybridized carbons (Fsp3) is 0.350. The van der Waals surface area contributed by atoms with Crippen molar-refractivity contribution in [2.45, 2.75) is 12.8 Å². The number of rotatable bonds is 9. The van der Waals surface area contributed by atoms with Gasteiger partial charge in [-0.05, 0) is 42.7 Å². The lowest BCUT2D eigenvalue weighted by molar-refractivity contribution is 0.241. The van der Waals surface area contributed by atoms with Crippen LogP contribution in [0.5, 0.6) is 5.75 Å². The monoisotopic (exact) mass is 359 g/mol. The van der Waals surface area contributed by atoms with E-state index in [0.29, 0.717) is 25.3 Å². The minimum Gasteiger partial charge on any atom is -0.497 e. The summed E-state index contributed by atoms with van der Waals surface area (Å²) in [6, 6.07) is 14.3. The Kier molecular flexibility index (Phi) is 7.74. The molecule has 0 aromatic heterocycles. The summed E-state index contributed by atoms with van der Waals surface area (Å²) in [4.78, 5) is 13.6. The third-order valence-electron chi connectivity index (χ3n) is 4.08. The fourth-order valence-corrected chi connectivity index (χ4v) is 2.57. The van der Waals surface area contributed by atoms with E-state index >= 15 is 0 Å². The molecule has 0 radical (unpaired) electrons. The summed E-state index contributed by atoms with van der Waals surface area (Å²) >= 11 is 0. The highest BCUT2D eigenvalue weighted by Crippen LogP contribution is 2.16. The lowest BCUT2D eigenvalue weighted by atomic mass is 10.1. The summed E-state index contributed by atoms with van der Waals surface area (Å²) in [5.74, 6) is 0.582. The van der Waals surface area contributed by atoms with Crippen LogP contribution in [0.4, 0.5) is 14.9 Å². The van der Waals surface area contributed by atoms with Crippen LogP contribution in [-0.4, -0.2) is 39.8 Å². The number of carbonyl (C=O) groups excluding carboxylic acids is 1. The lowest BCUT2D eigenvalue weighted by Crippen LogP contribution is -2.38. The maximum absolute atomic E-state index is 13.7. The number of carbonyl (C=O) groups is 1. The molecule has 2 aromatic rings. The minimum atomic E-state index is -0.237. The van der Waals surface area contributed by atoms with Gasteiger partial charge in [0.15, 0.2) is 0 Å². The Bertz CT molecular complexity index is 692. The van der Waals surface area contributed by atoms with E-state index in [9.17, 15) is 9.18 Å². The number of anilines is 1. The zero-order valence-corrected chi connectivity index (χ0v) is 15.3. The second-order valence-corrected chi connectivity index (χ2v) is 6.01. The van der Waals surface area contributed by atoms with E-state index in [1.165, 1.54) is 6.07 Å². The highest BCUT2D eigenvalue weighted by atomic mass is 19.1. The second-order valence-electron chi connectivity index (χ2n) is 6.01. The van der Waals surface area contributed by atoms with Crippen molar-refractivity contribution in [1.82, 2.24) is 10.6 Å². The maximum atomic E-state index is 13.7. The molecular formula is C20H26FN3O2. The number of hydrogen-bond acceptors (Lipinski definition) is 3. The summed E-state index contributed by atoms with van der Waals surface area (Å²) in [6.45, 7) is 1.76. The Balaban J connectivity index is 1.59. The molecule has 0 heterocycles. The molecule has 5 nitrogen and oxygen atoms in total. The molecule has 0 saturated carbocycles. The molecule has 2 amide bonds. The third-order valence-corrected chi connectivity index (χ3v) is 4.08. The van der Waals surface area contributed by atoms with E-state index in [4.69, 9.17) is 4.74 Å². The number of nitrogens with zero attached hydrogens (tertiary/aromatic N) is 1. The van der Waals surface area contributed by atoms with Gasteiger partial charge in [-0.2, -0.15) is 0 Å². The number of para-hydroxylation sites is 1. The van der Waals surface area contributed by atoms with Gasteiger partial charge >= 0.3 is 6.03 Å². The average Bonchev–Trinajstić information content (AvgIpc) is 2.66. The predicted molar refractivity (Wildman–Crippen MR) is 102 cm³/mol. The van der Waals surface area contributed by atoms with Crippen LogP contribution in [0.2, 0.25) is 0 Å². The fourth-order valence-electron chi connectivity index (χ4n) is 2.57. The second kappa shape index (κ2) is 10.3. The molecule has 0 bridgehead atoms. The molecule has 0 unspecified atom stereocenters. The van der Waals surface area contributed by atoms with Crippen molar-refractivity contribution in [3.63, 3.8) is 0 Å². The number of hydrogen-bond donors (Lipinski definition) is 2. The lowest BCUT2D eigenvalue weighted by Gasteiger charge is -2.19. The van der Waals surface area contributed by atoms with Crippen molar-refractivity contribution in [2.24, 2.45) is 0 Å². The summed E-state index contributed by atoms with van der Waals surface area (Å²) in [6.07, 6.45) is 1.49. The zero-order chi connectivity index (χ0) is 18.8. The van der Waals surface area contributed by atoms with Crippen molar-refractivity contribution in [3.05, 3.63) is 59.9 Å². The number of ether oxygens (including phenoxy) is 1. The molecule has 2 N–H and O–H groups in total. The van der Waals surface area contributed by atoms with Gasteiger partial charge in [-0.15, -0.1) is 0 Å². The summed E-state index contributed by atoms with van der Waals surface area (Å²) in [7, 11) is 3.47. The van der Waals surface area contributed by atoms with E-state index < -0.39 is 0 Å². The van der Waals surface area contributed by atoms with Crippen LogP contribution in [0.15, 0.2) is 48.5 Å². The van der Waals surface area contributed by atoms with Crippen molar-refractivity contribution < 1.29 is 13.9 Å². The van der Waals surface area contributed by atoms with Crippen LogP contribution in [0.3, 0.4) is 0 Å². The number of benzene rings is 2. The highest BCUT2D eigenvalue weighted by Gasteiger charge is 2.06. The molecule has 0 aliphatic carbocycles. The van der Waals surface area contributed by atoms with Gasteiger partial charge in [0.25, 0.3) is 0 Å². The minimum absolute atomic E-state index is 0.188. The summed E-state index contributed by atoms with van der Waals surface area (Å²) in [5.41, 5.74) is 1.70. The quantitative estimate of drug-likeness (QED) is 0.676. The van der Waals surface area contributed by atoms with E-state index in [-0.39, 0.29) is 11.8 Å². The number of urea groups is 1. The first-order chi connectivity index (χ1) is 12.6. The molecular weight excluding hydrogens is 333 g/mol. The molecule has 0 aliphatic heterocycles. The molecule has 2 aromatic carbocycles. The molecule has 2 rings (SSSR count). The smallest absolute Gasteiger partial charge is 0.314 e. The third kappa shape index (κ3) is 6.27. The summed E-state index contributed by atoms with van der Waals surface area (Å²) < 4.78 is 18.8. The normalized spacial score (nSPS) is 10.3. The Labute approximate surface area is 154 Å². The van der Waals surface area contributed by atoms with E-state index in [1.807, 2.05) is 42.3 Å². The number of nitrogens with one attached hydrogen (secondary N) is 2. The van der Waals surface area contributed by atoms with Gasteiger partial charge < -0.3 is 20.3 Å². The predicted octanol–water partition coefficient (Wildman–Crippen LogP) is 3.20. The Morgan fingerprint density at radius 1 is 1.08 bits per heavy atom. The van der Waals surface area contributed by atoms with Crippen LogP contribution in [0, 0.1) is 5.82 Å². The Morgan fingerprint density at radius 2 is 1.77 bits per heavy atom. The van der Waals surface area contributed by atoms with Crippen LogP contribution in [0.1, 0.15) is 12.0 Å². The van der Waals surface area contributed by atoms with Gasteiger partial charge in [0.2, 0.25) is 0 Å². The number of halogens is 1. The molecule has 140 valence electrons. The molecule has 0 fully saturated rings. The molecule has 26 heavy (non-hydrogen) atoms. The van der Waals surface area contributed by atoms with Gasteiger partial charge in [-0.1, -0.05) is 24.3 Å². The molecule has 0 aliphatic rings. The first-order valence-electron chi connectivity index (χ1n) is 8.70. The first kappa shape index (κ1) is 19.6. The average molecular weight is 359 g/mol. The van der Waals surface area contributed by atoms with Gasteiger partial charge in [-0.3, -0.25) is 0 Å². The SMILES string of the molecule is COc1ccc(CCNC(=O)NCCCN(C)c2ccccc2F)cc1. The van der Waals surface area contributed by atoms with E-state index in [1.54, 1.807) is 19.2 Å². The zero-order valence-electron chi connectivity index (χ0n) is 15.3. The van der Waals surface area contributed by atoms with Gasteiger partial charge in [0, 0.05) is 26.7 Å². The first-order valence-corrected chi connectivity index (χ1v) is 8.70. The van der Waals surface area contributed by atoms with Gasteiger partial charge in [0.05, 0.1) is 12.8 Å². The maximum Gasteiger partial charge on any atom is 0.314 e. The molecule has 0 atom stereocenters. The van der Waals surface area contributed by atoms with Crippen molar-refractivity contribution in [3.8, 4) is 5.75 Å². The number of amides is 2. The van der Waals surface area contributed by atoms with Crippen molar-refractivity contribution >= 4 is 11.7 Å².